The van der Waals surface area contributed by atoms with Gasteiger partial charge in [-0.3, -0.25) is 9.78 Å². The second-order valence-electron chi connectivity index (χ2n) is 6.47. The summed E-state index contributed by atoms with van der Waals surface area (Å²) in [6.07, 6.45) is 3.04. The van der Waals surface area contributed by atoms with E-state index < -0.39 is 21.0 Å². The maximum atomic E-state index is 13.3. The summed E-state index contributed by atoms with van der Waals surface area (Å²) in [6, 6.07) is 14.4. The number of aromatic nitrogens is 1. The number of benzene rings is 2. The van der Waals surface area contributed by atoms with Gasteiger partial charge in [-0.15, -0.1) is 0 Å². The van der Waals surface area contributed by atoms with Crippen LogP contribution in [0.2, 0.25) is 10.0 Å². The Hall–Kier alpha value is -2.41. The van der Waals surface area contributed by atoms with E-state index in [0.29, 0.717) is 10.6 Å². The summed E-state index contributed by atoms with van der Waals surface area (Å²) >= 11 is 11.9. The van der Waals surface area contributed by atoms with Crippen molar-refractivity contribution in [3.63, 3.8) is 0 Å². The van der Waals surface area contributed by atoms with Gasteiger partial charge in [-0.2, -0.15) is 0 Å². The normalized spacial score (nSPS) is 12.4. The SMILES string of the molecule is Cc1ccc(S(=O)(=O)C(CNC(=O)c2ccc(Cl)cc2Cl)c2cccnc2)cc1. The first kappa shape index (κ1) is 21.3. The minimum absolute atomic E-state index is 0.139. The molecule has 0 saturated heterocycles. The Kier molecular flexibility index (Phi) is 6.57. The van der Waals surface area contributed by atoms with E-state index in [4.69, 9.17) is 23.2 Å². The number of nitrogens with one attached hydrogen (secondary N) is 1. The standard InChI is InChI=1S/C21H18Cl2N2O3S/c1-14-4-7-17(8-5-14)29(27,28)20(15-3-2-10-24-12-15)13-25-21(26)18-9-6-16(22)11-19(18)23/h2-12,20H,13H2,1H3,(H,25,26). The summed E-state index contributed by atoms with van der Waals surface area (Å²) < 4.78 is 26.6. The van der Waals surface area contributed by atoms with E-state index in [0.717, 1.165) is 5.56 Å². The number of carbonyl (C=O) groups is 1. The lowest BCUT2D eigenvalue weighted by Crippen LogP contribution is -2.32. The van der Waals surface area contributed by atoms with E-state index in [1.165, 1.54) is 18.3 Å². The van der Waals surface area contributed by atoms with E-state index in [1.807, 2.05) is 6.92 Å². The number of nitrogens with zero attached hydrogens (tertiary/aromatic N) is 1. The molecule has 1 N–H and O–H groups in total. The molecule has 3 aromatic rings. The molecule has 1 atom stereocenters. The number of aryl methyl sites for hydroxylation is 1. The minimum Gasteiger partial charge on any atom is -0.350 e. The van der Waals surface area contributed by atoms with Crippen LogP contribution in [-0.2, 0) is 9.84 Å². The van der Waals surface area contributed by atoms with Crippen molar-refractivity contribution in [2.75, 3.05) is 6.54 Å². The second kappa shape index (κ2) is 8.95. The zero-order valence-electron chi connectivity index (χ0n) is 15.5. The predicted octanol–water partition coefficient (Wildman–Crippen LogP) is 4.64. The Morgan fingerprint density at radius 3 is 2.45 bits per heavy atom. The molecule has 0 aliphatic heterocycles. The molecule has 29 heavy (non-hydrogen) atoms. The number of hydrogen-bond donors (Lipinski definition) is 1. The Morgan fingerprint density at radius 1 is 1.10 bits per heavy atom. The first-order valence-corrected chi connectivity index (χ1v) is 11.0. The van der Waals surface area contributed by atoms with Crippen LogP contribution in [0.5, 0.6) is 0 Å². The van der Waals surface area contributed by atoms with Crippen LogP contribution in [0.25, 0.3) is 0 Å². The van der Waals surface area contributed by atoms with E-state index in [1.54, 1.807) is 48.7 Å². The van der Waals surface area contributed by atoms with Crippen LogP contribution in [0, 0.1) is 6.92 Å². The molecule has 0 aliphatic rings. The summed E-state index contributed by atoms with van der Waals surface area (Å²) in [4.78, 5) is 16.8. The van der Waals surface area contributed by atoms with Gasteiger partial charge < -0.3 is 5.32 Å². The molecular weight excluding hydrogens is 431 g/mol. The molecule has 0 aliphatic carbocycles. The highest BCUT2D eigenvalue weighted by atomic mass is 35.5. The summed E-state index contributed by atoms with van der Waals surface area (Å²) in [7, 11) is -3.77. The fourth-order valence-electron chi connectivity index (χ4n) is 2.82. The van der Waals surface area contributed by atoms with Gasteiger partial charge >= 0.3 is 0 Å². The average Bonchev–Trinajstić information content (AvgIpc) is 2.69. The maximum absolute atomic E-state index is 13.3. The van der Waals surface area contributed by atoms with Crippen molar-refractivity contribution in [1.29, 1.82) is 0 Å². The van der Waals surface area contributed by atoms with Crippen LogP contribution in [-0.4, -0.2) is 25.9 Å². The van der Waals surface area contributed by atoms with Crippen LogP contribution < -0.4 is 5.32 Å². The first-order chi connectivity index (χ1) is 13.8. The Labute approximate surface area is 179 Å². The molecule has 0 spiro atoms. The van der Waals surface area contributed by atoms with Crippen molar-refractivity contribution >= 4 is 38.9 Å². The Balaban J connectivity index is 1.90. The number of pyridine rings is 1. The molecule has 1 aromatic heterocycles. The Morgan fingerprint density at radius 2 is 1.83 bits per heavy atom. The first-order valence-electron chi connectivity index (χ1n) is 8.73. The van der Waals surface area contributed by atoms with Crippen molar-refractivity contribution in [2.24, 2.45) is 0 Å². The smallest absolute Gasteiger partial charge is 0.252 e. The number of halogens is 2. The van der Waals surface area contributed by atoms with Crippen molar-refractivity contribution in [3.05, 3.63) is 93.7 Å². The van der Waals surface area contributed by atoms with E-state index >= 15 is 0 Å². The highest BCUT2D eigenvalue weighted by Crippen LogP contribution is 2.29. The van der Waals surface area contributed by atoms with Gasteiger partial charge in [0.15, 0.2) is 9.84 Å². The summed E-state index contributed by atoms with van der Waals surface area (Å²) in [6.45, 7) is 1.74. The summed E-state index contributed by atoms with van der Waals surface area (Å²) in [5, 5.41) is 2.26. The number of hydrogen-bond acceptors (Lipinski definition) is 4. The topological polar surface area (TPSA) is 76.1 Å². The van der Waals surface area contributed by atoms with Crippen LogP contribution in [0.3, 0.4) is 0 Å². The quantitative estimate of drug-likeness (QED) is 0.595. The molecule has 5 nitrogen and oxygen atoms in total. The van der Waals surface area contributed by atoms with Crippen LogP contribution in [0.1, 0.15) is 26.7 Å². The van der Waals surface area contributed by atoms with Gasteiger partial charge in [-0.25, -0.2) is 8.42 Å². The highest BCUT2D eigenvalue weighted by Gasteiger charge is 2.30. The van der Waals surface area contributed by atoms with Gasteiger partial charge in [0.25, 0.3) is 5.91 Å². The molecular formula is C21H18Cl2N2O3S. The molecule has 150 valence electrons. The lowest BCUT2D eigenvalue weighted by Gasteiger charge is -2.19. The molecule has 8 heteroatoms. The predicted molar refractivity (Wildman–Crippen MR) is 114 cm³/mol. The molecule has 1 heterocycles. The monoisotopic (exact) mass is 448 g/mol. The molecule has 1 unspecified atom stereocenters. The van der Waals surface area contributed by atoms with Gasteiger partial charge in [0, 0.05) is 24.0 Å². The zero-order chi connectivity index (χ0) is 21.0. The van der Waals surface area contributed by atoms with Gasteiger partial charge in [-0.1, -0.05) is 47.0 Å². The van der Waals surface area contributed by atoms with Crippen LogP contribution >= 0.6 is 23.2 Å². The van der Waals surface area contributed by atoms with Crippen molar-refractivity contribution < 1.29 is 13.2 Å². The third kappa shape index (κ3) is 4.96. The summed E-state index contributed by atoms with van der Waals surface area (Å²) in [5.41, 5.74) is 1.65. The molecule has 1 amide bonds. The number of rotatable bonds is 6. The zero-order valence-corrected chi connectivity index (χ0v) is 17.8. The van der Waals surface area contributed by atoms with E-state index in [-0.39, 0.29) is 22.0 Å². The van der Waals surface area contributed by atoms with Crippen LogP contribution in [0.4, 0.5) is 0 Å². The summed E-state index contributed by atoms with van der Waals surface area (Å²) in [5.74, 6) is -0.486. The second-order valence-corrected chi connectivity index (χ2v) is 9.44. The van der Waals surface area contributed by atoms with Crippen molar-refractivity contribution in [3.8, 4) is 0 Å². The van der Waals surface area contributed by atoms with Crippen molar-refractivity contribution in [1.82, 2.24) is 10.3 Å². The highest BCUT2D eigenvalue weighted by molar-refractivity contribution is 7.91. The number of carbonyl (C=O) groups excluding carboxylic acids is 1. The number of amides is 1. The van der Waals surface area contributed by atoms with Crippen LogP contribution in [0.15, 0.2) is 71.9 Å². The molecule has 0 bridgehead atoms. The van der Waals surface area contributed by atoms with E-state index in [2.05, 4.69) is 10.3 Å². The van der Waals surface area contributed by atoms with E-state index in [9.17, 15) is 13.2 Å². The average molecular weight is 449 g/mol. The third-order valence-corrected chi connectivity index (χ3v) is 7.07. The van der Waals surface area contributed by atoms with Gasteiger partial charge in [-0.05, 0) is 48.9 Å². The largest absolute Gasteiger partial charge is 0.350 e. The van der Waals surface area contributed by atoms with Gasteiger partial charge in [0.1, 0.15) is 5.25 Å². The third-order valence-electron chi connectivity index (χ3n) is 4.40. The van der Waals surface area contributed by atoms with Gasteiger partial charge in [0.05, 0.1) is 15.5 Å². The lowest BCUT2D eigenvalue weighted by molar-refractivity contribution is 0.0954. The Bertz CT molecular complexity index is 1120. The molecule has 0 radical (unpaired) electrons. The lowest BCUT2D eigenvalue weighted by atomic mass is 10.2. The molecule has 2 aromatic carbocycles. The maximum Gasteiger partial charge on any atom is 0.252 e. The molecule has 0 saturated carbocycles. The molecule has 3 rings (SSSR count). The molecule has 0 fully saturated rings. The fourth-order valence-corrected chi connectivity index (χ4v) is 4.96. The minimum atomic E-state index is -3.77. The van der Waals surface area contributed by atoms with Gasteiger partial charge in [0.2, 0.25) is 0 Å². The fraction of sp³-hybridized carbons (Fsp3) is 0.143. The van der Waals surface area contributed by atoms with Crippen molar-refractivity contribution in [2.45, 2.75) is 17.1 Å². The number of sulfone groups is 1.